The molecule has 2 N–H and O–H groups in total. The molecule has 0 bridgehead atoms. The van der Waals surface area contributed by atoms with Crippen molar-refractivity contribution in [3.8, 4) is 0 Å². The van der Waals surface area contributed by atoms with Crippen LogP contribution in [-0.4, -0.2) is 23.0 Å². The number of carboxylic acids is 1. The molecule has 1 atom stereocenters. The van der Waals surface area contributed by atoms with Gasteiger partial charge in [0.25, 0.3) is 0 Å². The van der Waals surface area contributed by atoms with Crippen LogP contribution in [0.4, 0.5) is 0 Å². The van der Waals surface area contributed by atoms with Gasteiger partial charge in [-0.05, 0) is 32.1 Å². The Balaban J connectivity index is 1.84. The van der Waals surface area contributed by atoms with Crippen molar-refractivity contribution in [2.45, 2.75) is 51.0 Å². The second kappa shape index (κ2) is 4.90. The van der Waals surface area contributed by atoms with Gasteiger partial charge in [-0.2, -0.15) is 0 Å². The first-order valence-corrected chi connectivity index (χ1v) is 6.30. The van der Waals surface area contributed by atoms with Crippen LogP contribution in [0.5, 0.6) is 0 Å². The molecule has 0 radical (unpaired) electrons. The number of nitrogens with one attached hydrogen (secondary N) is 1. The van der Waals surface area contributed by atoms with E-state index >= 15 is 0 Å². The summed E-state index contributed by atoms with van der Waals surface area (Å²) in [6.07, 6.45) is 9.36. The molecule has 4 nitrogen and oxygen atoms in total. The first-order valence-electron chi connectivity index (χ1n) is 6.30. The van der Waals surface area contributed by atoms with E-state index in [1.54, 1.807) is 0 Å². The Morgan fingerprint density at radius 1 is 1.35 bits per heavy atom. The number of amides is 1. The van der Waals surface area contributed by atoms with E-state index in [1.165, 1.54) is 0 Å². The molecule has 0 aromatic heterocycles. The Morgan fingerprint density at radius 3 is 2.59 bits per heavy atom. The van der Waals surface area contributed by atoms with E-state index in [0.717, 1.165) is 25.7 Å². The summed E-state index contributed by atoms with van der Waals surface area (Å²) in [6, 6.07) is 0.193. The lowest BCUT2D eigenvalue weighted by Gasteiger charge is -2.37. The number of rotatable bonds is 4. The van der Waals surface area contributed by atoms with Crippen LogP contribution in [0.15, 0.2) is 12.2 Å². The first-order chi connectivity index (χ1) is 8.12. The van der Waals surface area contributed by atoms with Crippen molar-refractivity contribution < 1.29 is 14.7 Å². The fourth-order valence-corrected chi connectivity index (χ4v) is 2.58. The molecule has 2 aliphatic carbocycles. The van der Waals surface area contributed by atoms with Gasteiger partial charge in [0, 0.05) is 12.5 Å². The van der Waals surface area contributed by atoms with Gasteiger partial charge in [-0.3, -0.25) is 9.59 Å². The lowest BCUT2D eigenvalue weighted by molar-refractivity contribution is -0.157. The van der Waals surface area contributed by atoms with E-state index in [-0.39, 0.29) is 18.4 Å². The van der Waals surface area contributed by atoms with Crippen molar-refractivity contribution in [1.82, 2.24) is 5.32 Å². The predicted octanol–water partition coefficient (Wildman–Crippen LogP) is 1.86. The summed E-state index contributed by atoms with van der Waals surface area (Å²) in [5.74, 6) is -0.921. The second-order valence-electron chi connectivity index (χ2n) is 5.16. The maximum atomic E-state index is 11.8. The minimum Gasteiger partial charge on any atom is -0.481 e. The predicted molar refractivity (Wildman–Crippen MR) is 63.5 cm³/mol. The zero-order valence-corrected chi connectivity index (χ0v) is 9.95. The topological polar surface area (TPSA) is 66.4 Å². The van der Waals surface area contributed by atoms with Crippen LogP contribution >= 0.6 is 0 Å². The summed E-state index contributed by atoms with van der Waals surface area (Å²) in [7, 11) is 0. The highest BCUT2D eigenvalue weighted by atomic mass is 16.4. The number of allylic oxidation sites excluding steroid dienone is 1. The Kier molecular flexibility index (Phi) is 3.50. The third kappa shape index (κ3) is 2.68. The van der Waals surface area contributed by atoms with Gasteiger partial charge >= 0.3 is 5.97 Å². The van der Waals surface area contributed by atoms with Crippen LogP contribution in [0.25, 0.3) is 0 Å². The van der Waals surface area contributed by atoms with Gasteiger partial charge in [-0.15, -0.1) is 0 Å². The Labute approximate surface area is 101 Å². The van der Waals surface area contributed by atoms with Gasteiger partial charge in [-0.1, -0.05) is 18.6 Å². The molecule has 0 heterocycles. The molecular formula is C13H19NO3. The normalized spacial score (nSPS) is 26.0. The maximum absolute atomic E-state index is 11.8. The smallest absolute Gasteiger partial charge is 0.310 e. The van der Waals surface area contributed by atoms with E-state index in [2.05, 4.69) is 17.5 Å². The largest absolute Gasteiger partial charge is 0.481 e. The summed E-state index contributed by atoms with van der Waals surface area (Å²) in [6.45, 7) is 0. The molecule has 1 amide bonds. The van der Waals surface area contributed by atoms with Crippen LogP contribution in [0, 0.1) is 5.41 Å². The zero-order valence-electron chi connectivity index (χ0n) is 9.95. The van der Waals surface area contributed by atoms with Crippen LogP contribution < -0.4 is 5.32 Å². The minimum atomic E-state index is -0.817. The summed E-state index contributed by atoms with van der Waals surface area (Å²) in [4.78, 5) is 23.0. The standard InChI is InChI=1S/C13H19NO3/c15-11(14-10-5-2-1-3-6-10)9-13(12(16)17)7-4-8-13/h1-2,10H,3-9H2,(H,14,15)(H,16,17). The fourth-order valence-electron chi connectivity index (χ4n) is 2.58. The maximum Gasteiger partial charge on any atom is 0.310 e. The summed E-state index contributed by atoms with van der Waals surface area (Å²) >= 11 is 0. The molecule has 0 aliphatic heterocycles. The van der Waals surface area contributed by atoms with Gasteiger partial charge in [0.05, 0.1) is 5.41 Å². The van der Waals surface area contributed by atoms with Gasteiger partial charge in [0.1, 0.15) is 0 Å². The van der Waals surface area contributed by atoms with Crippen LogP contribution in [0.2, 0.25) is 0 Å². The molecule has 1 unspecified atom stereocenters. The lowest BCUT2D eigenvalue weighted by Crippen LogP contribution is -2.44. The summed E-state index contributed by atoms with van der Waals surface area (Å²) < 4.78 is 0. The van der Waals surface area contributed by atoms with E-state index in [4.69, 9.17) is 5.11 Å². The third-order valence-corrected chi connectivity index (χ3v) is 3.90. The SMILES string of the molecule is O=C(CC1(C(=O)O)CCC1)NC1CC=CCC1. The van der Waals surface area contributed by atoms with E-state index in [9.17, 15) is 9.59 Å². The van der Waals surface area contributed by atoms with Crippen molar-refractivity contribution in [3.63, 3.8) is 0 Å². The molecule has 1 fully saturated rings. The third-order valence-electron chi connectivity index (χ3n) is 3.90. The molecule has 0 aromatic carbocycles. The highest BCUT2D eigenvalue weighted by Crippen LogP contribution is 2.44. The fraction of sp³-hybridized carbons (Fsp3) is 0.692. The van der Waals surface area contributed by atoms with Crippen molar-refractivity contribution in [2.75, 3.05) is 0 Å². The molecule has 17 heavy (non-hydrogen) atoms. The highest BCUT2D eigenvalue weighted by molar-refractivity contribution is 5.85. The van der Waals surface area contributed by atoms with Crippen LogP contribution in [0.3, 0.4) is 0 Å². The monoisotopic (exact) mass is 237 g/mol. The van der Waals surface area contributed by atoms with Gasteiger partial charge < -0.3 is 10.4 Å². The molecule has 0 saturated heterocycles. The average molecular weight is 237 g/mol. The number of carbonyl (C=O) groups is 2. The Bertz CT molecular complexity index is 345. The van der Waals surface area contributed by atoms with E-state index < -0.39 is 11.4 Å². The molecule has 0 spiro atoms. The lowest BCUT2D eigenvalue weighted by atomic mass is 9.66. The minimum absolute atomic E-state index is 0.104. The van der Waals surface area contributed by atoms with Crippen molar-refractivity contribution >= 4 is 11.9 Å². The number of aliphatic carboxylic acids is 1. The van der Waals surface area contributed by atoms with Crippen molar-refractivity contribution in [3.05, 3.63) is 12.2 Å². The molecular weight excluding hydrogens is 218 g/mol. The number of hydrogen-bond acceptors (Lipinski definition) is 2. The van der Waals surface area contributed by atoms with Gasteiger partial charge in [-0.25, -0.2) is 0 Å². The van der Waals surface area contributed by atoms with E-state index in [0.29, 0.717) is 12.8 Å². The van der Waals surface area contributed by atoms with Crippen LogP contribution in [0.1, 0.15) is 44.9 Å². The average Bonchev–Trinajstić information content (AvgIpc) is 2.24. The molecule has 2 aliphatic rings. The molecule has 0 aromatic rings. The zero-order chi connectivity index (χ0) is 12.3. The number of carbonyl (C=O) groups excluding carboxylic acids is 1. The van der Waals surface area contributed by atoms with E-state index in [1.807, 2.05) is 0 Å². The molecule has 4 heteroatoms. The van der Waals surface area contributed by atoms with Crippen LogP contribution in [-0.2, 0) is 9.59 Å². The van der Waals surface area contributed by atoms with Gasteiger partial charge in [0.2, 0.25) is 5.91 Å². The Hall–Kier alpha value is -1.32. The van der Waals surface area contributed by atoms with Gasteiger partial charge in [0.15, 0.2) is 0 Å². The van der Waals surface area contributed by atoms with Crippen molar-refractivity contribution in [2.24, 2.45) is 5.41 Å². The number of hydrogen-bond donors (Lipinski definition) is 2. The molecule has 1 saturated carbocycles. The second-order valence-corrected chi connectivity index (χ2v) is 5.16. The Morgan fingerprint density at radius 2 is 2.12 bits per heavy atom. The highest BCUT2D eigenvalue weighted by Gasteiger charge is 2.46. The summed E-state index contributed by atoms with van der Waals surface area (Å²) in [5, 5.41) is 12.1. The molecule has 94 valence electrons. The first kappa shape index (κ1) is 12.1. The van der Waals surface area contributed by atoms with Crippen molar-refractivity contribution in [1.29, 1.82) is 0 Å². The quantitative estimate of drug-likeness (QED) is 0.733. The summed E-state index contributed by atoms with van der Waals surface area (Å²) in [5.41, 5.74) is -0.769. The number of carboxylic acid groups (broad SMARTS) is 1. The molecule has 2 rings (SSSR count).